The molecule has 0 bridgehead atoms. The van der Waals surface area contributed by atoms with Gasteiger partial charge in [-0.25, -0.2) is 0 Å². The number of ketones is 1. The average molecular weight is 372 g/mol. The van der Waals surface area contributed by atoms with Crippen molar-refractivity contribution in [2.75, 3.05) is 13.1 Å². The molecule has 3 heterocycles. The molecule has 0 saturated carbocycles. The Hall–Kier alpha value is -2.77. The topological polar surface area (TPSA) is 114 Å². The normalized spacial score (nSPS) is 22.6. The van der Waals surface area contributed by atoms with E-state index < -0.39 is 11.9 Å². The highest BCUT2D eigenvalue weighted by atomic mass is 16.2. The molecule has 2 fully saturated rings. The largest absolute Gasteiger partial charge is 0.369 e. The SMILES string of the molecule is CC(CCC(=O)N1CCC2C1C(=O)CN2C(=O)Cc1cccnc1)C(N)=O. The molecule has 27 heavy (non-hydrogen) atoms. The van der Waals surface area contributed by atoms with Crippen molar-refractivity contribution in [3.63, 3.8) is 0 Å². The fourth-order valence-electron chi connectivity index (χ4n) is 3.83. The van der Waals surface area contributed by atoms with Gasteiger partial charge in [-0.05, 0) is 24.5 Å². The Bertz CT molecular complexity index is 751. The van der Waals surface area contributed by atoms with Gasteiger partial charge in [0, 0.05) is 31.3 Å². The number of rotatable bonds is 6. The van der Waals surface area contributed by atoms with E-state index in [2.05, 4.69) is 4.98 Å². The van der Waals surface area contributed by atoms with Crippen LogP contribution in [0, 0.1) is 5.92 Å². The van der Waals surface area contributed by atoms with Gasteiger partial charge in [-0.3, -0.25) is 24.2 Å². The highest BCUT2D eigenvalue weighted by Gasteiger charge is 2.50. The molecule has 2 saturated heterocycles. The molecule has 2 aliphatic heterocycles. The van der Waals surface area contributed by atoms with Gasteiger partial charge in [-0.15, -0.1) is 0 Å². The van der Waals surface area contributed by atoms with Crippen molar-refractivity contribution in [3.8, 4) is 0 Å². The summed E-state index contributed by atoms with van der Waals surface area (Å²) in [5.74, 6) is -1.21. The van der Waals surface area contributed by atoms with Crippen LogP contribution < -0.4 is 5.73 Å². The van der Waals surface area contributed by atoms with E-state index in [0.29, 0.717) is 19.4 Å². The molecule has 3 rings (SSSR count). The van der Waals surface area contributed by atoms with Crippen molar-refractivity contribution in [1.82, 2.24) is 14.8 Å². The summed E-state index contributed by atoms with van der Waals surface area (Å²) in [4.78, 5) is 56.0. The molecule has 0 aliphatic carbocycles. The zero-order valence-corrected chi connectivity index (χ0v) is 15.3. The molecule has 0 radical (unpaired) electrons. The van der Waals surface area contributed by atoms with E-state index in [1.807, 2.05) is 6.07 Å². The number of nitrogens with two attached hydrogens (primary N) is 1. The number of primary amides is 1. The van der Waals surface area contributed by atoms with Crippen LogP contribution in [0.1, 0.15) is 31.7 Å². The number of amides is 3. The number of carbonyl (C=O) groups is 4. The summed E-state index contributed by atoms with van der Waals surface area (Å²) < 4.78 is 0. The minimum atomic E-state index is -0.570. The Morgan fingerprint density at radius 1 is 1.30 bits per heavy atom. The number of hydrogen-bond acceptors (Lipinski definition) is 5. The van der Waals surface area contributed by atoms with Crippen LogP contribution in [-0.4, -0.2) is 63.5 Å². The number of hydrogen-bond donors (Lipinski definition) is 1. The quantitative estimate of drug-likeness (QED) is 0.749. The Balaban J connectivity index is 1.63. The van der Waals surface area contributed by atoms with Gasteiger partial charge in [-0.1, -0.05) is 13.0 Å². The van der Waals surface area contributed by atoms with Crippen LogP contribution in [-0.2, 0) is 25.6 Å². The fraction of sp³-hybridized carbons (Fsp3) is 0.526. The van der Waals surface area contributed by atoms with Gasteiger partial charge < -0.3 is 15.5 Å². The number of Topliss-reactive ketones (excluding diaryl/α,β-unsaturated/α-hetero) is 1. The van der Waals surface area contributed by atoms with Crippen LogP contribution in [0.15, 0.2) is 24.5 Å². The lowest BCUT2D eigenvalue weighted by Crippen LogP contribution is -2.43. The predicted octanol–water partition coefficient (Wildman–Crippen LogP) is -0.0935. The maximum absolute atomic E-state index is 12.7. The third kappa shape index (κ3) is 3.99. The summed E-state index contributed by atoms with van der Waals surface area (Å²) in [7, 11) is 0. The third-order valence-electron chi connectivity index (χ3n) is 5.42. The van der Waals surface area contributed by atoms with Crippen LogP contribution in [0.3, 0.4) is 0 Å². The predicted molar refractivity (Wildman–Crippen MR) is 96.2 cm³/mol. The molecule has 144 valence electrons. The van der Waals surface area contributed by atoms with Crippen LogP contribution >= 0.6 is 0 Å². The molecule has 8 heteroatoms. The number of aromatic nitrogens is 1. The summed E-state index contributed by atoms with van der Waals surface area (Å²) in [6.07, 6.45) is 4.59. The van der Waals surface area contributed by atoms with Crippen LogP contribution in [0.4, 0.5) is 0 Å². The summed E-state index contributed by atoms with van der Waals surface area (Å²) in [5, 5.41) is 0. The van der Waals surface area contributed by atoms with Crippen LogP contribution in [0.5, 0.6) is 0 Å². The summed E-state index contributed by atoms with van der Waals surface area (Å²) in [5.41, 5.74) is 6.03. The van der Waals surface area contributed by atoms with Gasteiger partial charge in [-0.2, -0.15) is 0 Å². The molecular formula is C19H24N4O4. The second-order valence-electron chi connectivity index (χ2n) is 7.26. The Labute approximate surface area is 157 Å². The molecule has 8 nitrogen and oxygen atoms in total. The maximum atomic E-state index is 12.7. The van der Waals surface area contributed by atoms with E-state index in [4.69, 9.17) is 5.73 Å². The first-order valence-corrected chi connectivity index (χ1v) is 9.18. The monoisotopic (exact) mass is 372 g/mol. The Kier molecular flexibility index (Phi) is 5.53. The third-order valence-corrected chi connectivity index (χ3v) is 5.42. The van der Waals surface area contributed by atoms with E-state index in [-0.39, 0.29) is 48.9 Å². The first kappa shape index (κ1) is 19.0. The summed E-state index contributed by atoms with van der Waals surface area (Å²) >= 11 is 0. The number of fused-ring (bicyclic) bond motifs is 1. The van der Waals surface area contributed by atoms with E-state index >= 15 is 0 Å². The molecule has 1 aromatic heterocycles. The average Bonchev–Trinajstić information content (AvgIpc) is 3.21. The standard InChI is InChI=1S/C19H24N4O4/c1-12(19(20)27)4-5-16(25)22-8-6-14-18(22)15(24)11-23(14)17(26)9-13-3-2-7-21-10-13/h2-3,7,10,12,14,18H,4-6,8-9,11H2,1H3,(H2,20,27). The smallest absolute Gasteiger partial charge is 0.227 e. The molecule has 3 unspecified atom stereocenters. The molecular weight excluding hydrogens is 348 g/mol. The lowest BCUT2D eigenvalue weighted by molar-refractivity contribution is -0.136. The number of nitrogens with zero attached hydrogens (tertiary/aromatic N) is 3. The first-order chi connectivity index (χ1) is 12.9. The van der Waals surface area contributed by atoms with E-state index in [0.717, 1.165) is 5.56 Å². The van der Waals surface area contributed by atoms with E-state index in [1.54, 1.807) is 35.2 Å². The Morgan fingerprint density at radius 3 is 2.74 bits per heavy atom. The fourth-order valence-corrected chi connectivity index (χ4v) is 3.83. The highest BCUT2D eigenvalue weighted by Crippen LogP contribution is 2.31. The lowest BCUT2D eigenvalue weighted by Gasteiger charge is -2.24. The van der Waals surface area contributed by atoms with Gasteiger partial charge in [0.15, 0.2) is 5.78 Å². The van der Waals surface area contributed by atoms with Gasteiger partial charge >= 0.3 is 0 Å². The number of carbonyl (C=O) groups excluding carboxylic acids is 4. The van der Waals surface area contributed by atoms with Crippen molar-refractivity contribution < 1.29 is 19.2 Å². The van der Waals surface area contributed by atoms with Gasteiger partial charge in [0.25, 0.3) is 0 Å². The molecule has 2 N–H and O–H groups in total. The van der Waals surface area contributed by atoms with E-state index in [9.17, 15) is 19.2 Å². The zero-order chi connectivity index (χ0) is 19.6. The minimum absolute atomic E-state index is 0.0376. The minimum Gasteiger partial charge on any atom is -0.369 e. The molecule has 0 spiro atoms. The van der Waals surface area contributed by atoms with Crippen molar-refractivity contribution in [1.29, 1.82) is 0 Å². The molecule has 0 aromatic carbocycles. The summed E-state index contributed by atoms with van der Waals surface area (Å²) in [6, 6.07) is 2.76. The molecule has 3 amide bonds. The molecule has 3 atom stereocenters. The highest BCUT2D eigenvalue weighted by molar-refractivity contribution is 5.97. The van der Waals surface area contributed by atoms with Crippen LogP contribution in [0.25, 0.3) is 0 Å². The van der Waals surface area contributed by atoms with Gasteiger partial charge in [0.1, 0.15) is 6.04 Å². The lowest BCUT2D eigenvalue weighted by atomic mass is 10.0. The molecule has 1 aromatic rings. The van der Waals surface area contributed by atoms with Crippen LogP contribution in [0.2, 0.25) is 0 Å². The van der Waals surface area contributed by atoms with Gasteiger partial charge in [0.2, 0.25) is 17.7 Å². The van der Waals surface area contributed by atoms with Crippen molar-refractivity contribution in [2.24, 2.45) is 11.7 Å². The van der Waals surface area contributed by atoms with Crippen molar-refractivity contribution in [2.45, 2.75) is 44.7 Å². The summed E-state index contributed by atoms with van der Waals surface area (Å²) in [6.45, 7) is 2.17. The second kappa shape index (κ2) is 7.85. The number of pyridine rings is 1. The van der Waals surface area contributed by atoms with E-state index in [1.165, 1.54) is 0 Å². The Morgan fingerprint density at radius 2 is 2.07 bits per heavy atom. The first-order valence-electron chi connectivity index (χ1n) is 9.18. The van der Waals surface area contributed by atoms with Crippen molar-refractivity contribution >= 4 is 23.5 Å². The van der Waals surface area contributed by atoms with Crippen molar-refractivity contribution in [3.05, 3.63) is 30.1 Å². The zero-order valence-electron chi connectivity index (χ0n) is 15.3. The molecule has 2 aliphatic rings. The van der Waals surface area contributed by atoms with Gasteiger partial charge in [0.05, 0.1) is 19.0 Å². The number of likely N-dealkylation sites (tertiary alicyclic amines) is 2. The maximum Gasteiger partial charge on any atom is 0.227 e. The second-order valence-corrected chi connectivity index (χ2v) is 7.26.